The minimum Gasteiger partial charge on any atom is -0.457 e. The smallest absolute Gasteiger partial charge is 0.408 e. The third kappa shape index (κ3) is 9.25. The Hall–Kier alpha value is -4.76. The van der Waals surface area contributed by atoms with Gasteiger partial charge in [0.15, 0.2) is 0 Å². The Labute approximate surface area is 309 Å². The summed E-state index contributed by atoms with van der Waals surface area (Å²) in [6.45, 7) is 5.31. The molecule has 0 bridgehead atoms. The first-order valence-electron chi connectivity index (χ1n) is 17.9. The second kappa shape index (κ2) is 15.3. The summed E-state index contributed by atoms with van der Waals surface area (Å²) >= 11 is 0. The first-order valence-corrected chi connectivity index (χ1v) is 19.5. The summed E-state index contributed by atoms with van der Waals surface area (Å²) in [6, 6.07) is 14.2. The first kappa shape index (κ1) is 38.0. The van der Waals surface area contributed by atoms with Crippen LogP contribution in [-0.2, 0) is 38.6 Å². The van der Waals surface area contributed by atoms with E-state index in [-0.39, 0.29) is 44.6 Å². The van der Waals surface area contributed by atoms with Crippen molar-refractivity contribution in [2.24, 2.45) is 5.92 Å². The Kier molecular flexibility index (Phi) is 11.0. The van der Waals surface area contributed by atoms with Crippen molar-refractivity contribution in [3.63, 3.8) is 0 Å². The number of alkyl carbamates (subject to hydrolysis) is 1. The highest BCUT2D eigenvalue weighted by molar-refractivity contribution is 7.91. The molecule has 2 aliphatic carbocycles. The molecule has 15 heteroatoms. The summed E-state index contributed by atoms with van der Waals surface area (Å²) in [5, 5.41) is 4.75. The van der Waals surface area contributed by atoms with Crippen LogP contribution in [0.25, 0.3) is 11.1 Å². The zero-order valence-corrected chi connectivity index (χ0v) is 30.9. The number of fused-ring (bicyclic) bond motifs is 2. The fraction of sp³-hybridized carbons (Fsp3) is 0.500. The zero-order chi connectivity index (χ0) is 38.0. The van der Waals surface area contributed by atoms with Crippen LogP contribution in [-0.4, -0.2) is 97.4 Å². The van der Waals surface area contributed by atoms with Crippen molar-refractivity contribution in [1.82, 2.24) is 20.3 Å². The largest absolute Gasteiger partial charge is 0.457 e. The normalized spacial score (nSPS) is 26.5. The number of ether oxygens (including phenoxy) is 3. The van der Waals surface area contributed by atoms with Crippen molar-refractivity contribution in [2.75, 3.05) is 19.8 Å². The van der Waals surface area contributed by atoms with E-state index in [4.69, 9.17) is 14.2 Å². The maximum atomic E-state index is 14.3. The molecule has 2 heterocycles. The van der Waals surface area contributed by atoms with Crippen molar-refractivity contribution >= 4 is 39.8 Å². The molecule has 3 fully saturated rings. The molecule has 0 spiro atoms. The van der Waals surface area contributed by atoms with E-state index in [2.05, 4.69) is 15.4 Å². The van der Waals surface area contributed by atoms with Crippen LogP contribution in [0.2, 0.25) is 0 Å². The van der Waals surface area contributed by atoms with Gasteiger partial charge < -0.3 is 29.7 Å². The zero-order valence-electron chi connectivity index (χ0n) is 30.0. The third-order valence-corrected chi connectivity index (χ3v) is 11.5. The predicted molar refractivity (Wildman–Crippen MR) is 193 cm³/mol. The fourth-order valence-corrected chi connectivity index (χ4v) is 8.02. The Bertz CT molecular complexity index is 1860. The minimum absolute atomic E-state index is 0.105. The number of hydrogen-bond acceptors (Lipinski definition) is 10. The van der Waals surface area contributed by atoms with Gasteiger partial charge in [-0.05, 0) is 76.1 Å². The summed E-state index contributed by atoms with van der Waals surface area (Å²) in [4.78, 5) is 69.6. The molecule has 0 radical (unpaired) electrons. The molecule has 3 N–H and O–H groups in total. The van der Waals surface area contributed by atoms with Gasteiger partial charge in [-0.2, -0.15) is 0 Å². The van der Waals surface area contributed by atoms with Gasteiger partial charge in [-0.1, -0.05) is 54.6 Å². The molecule has 5 atom stereocenters. The minimum atomic E-state index is -3.93. The van der Waals surface area contributed by atoms with Crippen molar-refractivity contribution in [2.45, 2.75) is 93.9 Å². The van der Waals surface area contributed by atoms with Gasteiger partial charge in [-0.3, -0.25) is 19.1 Å². The van der Waals surface area contributed by atoms with Gasteiger partial charge in [0.1, 0.15) is 29.3 Å². The van der Waals surface area contributed by atoms with Gasteiger partial charge in [0, 0.05) is 18.9 Å². The highest BCUT2D eigenvalue weighted by Gasteiger charge is 2.62. The van der Waals surface area contributed by atoms with Crippen molar-refractivity contribution in [1.29, 1.82) is 0 Å². The number of rotatable bonds is 7. The lowest BCUT2D eigenvalue weighted by molar-refractivity contribution is -0.141. The average Bonchev–Trinajstić information content (AvgIpc) is 4.03. The Morgan fingerprint density at radius 3 is 2.36 bits per heavy atom. The standard InChI is InChI=1S/C38H46N4O10S/c1-37(2,3)52-36(47)39-30-12-8-20-50-19-7-11-27-22-38(27,35(46)41-53(48,49)29-17-18-29)40-32(43)31-21-28(23-42(31)33(30)44)51-34(45)26-15-13-25(14-16-26)24-9-5-4-6-10-24/h4-7,9-11,13-16,27-31H,8,12,17-23H2,1-3H3,(H,39,47)(H,40,43)(H,41,46). The quantitative estimate of drug-likeness (QED) is 0.280. The lowest BCUT2D eigenvalue weighted by Crippen LogP contribution is -2.58. The number of esters is 1. The predicted octanol–water partition coefficient (Wildman–Crippen LogP) is 3.22. The SMILES string of the molecule is CC(C)(C)OC(=O)NC1CCCOCC=CC2CC2(C(=O)NS(=O)(=O)C2CC2)NC(=O)C2CC(OC(=O)c3ccc(-c4ccccc4)cc3)CN2C1=O. The highest BCUT2D eigenvalue weighted by Crippen LogP contribution is 2.46. The molecule has 5 unspecified atom stereocenters. The van der Waals surface area contributed by atoms with E-state index in [1.165, 1.54) is 4.90 Å². The van der Waals surface area contributed by atoms with Crippen LogP contribution in [0.4, 0.5) is 4.79 Å². The monoisotopic (exact) mass is 750 g/mol. The van der Waals surface area contributed by atoms with Crippen molar-refractivity contribution in [3.05, 3.63) is 72.3 Å². The van der Waals surface area contributed by atoms with Gasteiger partial charge in [0.05, 0.1) is 24.0 Å². The number of nitrogens with one attached hydrogen (secondary N) is 3. The van der Waals surface area contributed by atoms with Crippen LogP contribution in [0.3, 0.4) is 0 Å². The molecule has 284 valence electrons. The van der Waals surface area contributed by atoms with E-state index in [0.29, 0.717) is 19.3 Å². The molecule has 1 saturated heterocycles. The Balaban J connectivity index is 1.25. The summed E-state index contributed by atoms with van der Waals surface area (Å²) in [5.41, 5.74) is -0.285. The lowest BCUT2D eigenvalue weighted by atomic mass is 10.0. The molecule has 4 amide bonds. The van der Waals surface area contributed by atoms with Gasteiger partial charge >= 0.3 is 12.1 Å². The lowest BCUT2D eigenvalue weighted by Gasteiger charge is -2.30. The van der Waals surface area contributed by atoms with Crippen LogP contribution in [0.5, 0.6) is 0 Å². The van der Waals surface area contributed by atoms with Crippen molar-refractivity contribution < 1.29 is 46.6 Å². The average molecular weight is 751 g/mol. The fourth-order valence-electron chi connectivity index (χ4n) is 6.66. The first-order chi connectivity index (χ1) is 25.1. The van der Waals surface area contributed by atoms with Crippen LogP contribution in [0, 0.1) is 5.92 Å². The molecule has 14 nitrogen and oxygen atoms in total. The van der Waals surface area contributed by atoms with Crippen molar-refractivity contribution in [3.8, 4) is 11.1 Å². The number of amides is 4. The van der Waals surface area contributed by atoms with Gasteiger partial charge in [-0.15, -0.1) is 0 Å². The Morgan fingerprint density at radius 1 is 0.981 bits per heavy atom. The summed E-state index contributed by atoms with van der Waals surface area (Å²) in [7, 11) is -3.93. The maximum Gasteiger partial charge on any atom is 0.408 e. The van der Waals surface area contributed by atoms with E-state index in [1.807, 2.05) is 30.3 Å². The summed E-state index contributed by atoms with van der Waals surface area (Å²) < 4.78 is 44.6. The highest BCUT2D eigenvalue weighted by atomic mass is 32.2. The molecular formula is C38H46N4O10S. The number of hydrogen-bond donors (Lipinski definition) is 3. The van der Waals surface area contributed by atoms with E-state index in [0.717, 1.165) is 11.1 Å². The number of sulfonamides is 1. The van der Waals surface area contributed by atoms with Crippen LogP contribution in [0.1, 0.15) is 69.7 Å². The second-order valence-corrected chi connectivity index (χ2v) is 17.0. The number of benzene rings is 2. The van der Waals surface area contributed by atoms with Crippen LogP contribution < -0.4 is 15.4 Å². The van der Waals surface area contributed by atoms with Crippen LogP contribution >= 0.6 is 0 Å². The second-order valence-electron chi connectivity index (χ2n) is 15.0. The van der Waals surface area contributed by atoms with E-state index in [1.54, 1.807) is 57.2 Å². The molecule has 53 heavy (non-hydrogen) atoms. The molecule has 6 rings (SSSR count). The molecule has 2 aliphatic heterocycles. The van der Waals surface area contributed by atoms with Gasteiger partial charge in [0.2, 0.25) is 21.8 Å². The summed E-state index contributed by atoms with van der Waals surface area (Å²) in [5.74, 6) is -3.38. The number of carbonyl (C=O) groups excluding carboxylic acids is 5. The number of carbonyl (C=O) groups is 5. The maximum absolute atomic E-state index is 14.3. The molecule has 2 aromatic carbocycles. The van der Waals surface area contributed by atoms with E-state index >= 15 is 0 Å². The summed E-state index contributed by atoms with van der Waals surface area (Å²) in [6.07, 6.45) is 3.09. The molecule has 2 saturated carbocycles. The topological polar surface area (TPSA) is 187 Å². The molecular weight excluding hydrogens is 705 g/mol. The van der Waals surface area contributed by atoms with E-state index < -0.39 is 80.3 Å². The van der Waals surface area contributed by atoms with Gasteiger partial charge in [-0.25, -0.2) is 18.0 Å². The van der Waals surface area contributed by atoms with Crippen LogP contribution in [0.15, 0.2) is 66.7 Å². The molecule has 0 aromatic heterocycles. The molecule has 4 aliphatic rings. The molecule has 2 aromatic rings. The number of nitrogens with zero attached hydrogens (tertiary/aromatic N) is 1. The van der Waals surface area contributed by atoms with Gasteiger partial charge in [0.25, 0.3) is 5.91 Å². The third-order valence-electron chi connectivity index (χ3n) is 9.67. The Morgan fingerprint density at radius 2 is 1.68 bits per heavy atom. The van der Waals surface area contributed by atoms with E-state index in [9.17, 15) is 32.4 Å².